The molecule has 1 unspecified atom stereocenters. The average Bonchev–Trinajstić information content (AvgIpc) is 3.51. The van der Waals surface area contributed by atoms with Crippen molar-refractivity contribution < 1.29 is 38.6 Å². The molecule has 0 spiro atoms. The van der Waals surface area contributed by atoms with Gasteiger partial charge in [0.2, 0.25) is 11.8 Å². The van der Waals surface area contributed by atoms with Gasteiger partial charge in [0.15, 0.2) is 0 Å². The molecule has 2 aromatic rings. The molecule has 2 rings (SSSR count). The molecule has 44 heavy (non-hydrogen) atoms. The van der Waals surface area contributed by atoms with Crippen molar-refractivity contribution in [3.63, 3.8) is 0 Å². The zero-order chi connectivity index (χ0) is 32.6. The van der Waals surface area contributed by atoms with E-state index >= 15 is 0 Å². The Hall–Kier alpha value is -5.50. The number of hydrogen-bond acceptors (Lipinski definition) is 9. The van der Waals surface area contributed by atoms with E-state index in [1.807, 2.05) is 24.4 Å². The van der Waals surface area contributed by atoms with Crippen LogP contribution >= 0.6 is 11.3 Å². The van der Waals surface area contributed by atoms with Crippen molar-refractivity contribution in [3.05, 3.63) is 52.2 Å². The molecular formula is C28H41FmN6O8S-. The van der Waals surface area contributed by atoms with Gasteiger partial charge in [0.05, 0.1) is 25.7 Å². The molecule has 1 heterocycles. The fraction of sp³-hybridized carbons (Fsp3) is 0.429. The number of carbonyl (C=O) groups is 5. The largest absolute Gasteiger partial charge is 0.520 e. The van der Waals surface area contributed by atoms with E-state index in [0.717, 1.165) is 18.4 Å². The van der Waals surface area contributed by atoms with Crippen molar-refractivity contribution in [2.45, 2.75) is 46.4 Å². The normalized spacial score (nSPS) is 10.1. The van der Waals surface area contributed by atoms with Crippen molar-refractivity contribution in [1.82, 2.24) is 20.9 Å². The van der Waals surface area contributed by atoms with E-state index in [0.29, 0.717) is 24.1 Å². The van der Waals surface area contributed by atoms with E-state index in [1.54, 1.807) is 38.1 Å². The number of ether oxygens (including phenoxy) is 1. The van der Waals surface area contributed by atoms with Crippen molar-refractivity contribution in [1.29, 1.82) is 0 Å². The second kappa shape index (κ2) is 24.1. The number of primary amides is 1. The van der Waals surface area contributed by atoms with Gasteiger partial charge < -0.3 is 46.4 Å². The molecule has 1 aromatic heterocycles. The first-order valence-corrected chi connectivity index (χ1v) is 14.1. The SMILES string of the molecule is CC(C)C(N[C-]=O)C(=O)NCC(=O)Nc1ccc(COC(=O)N(CC=O)Cc2cccs2)cc1.CCCNC(N)=O.CO.[Fm]. The smallest absolute Gasteiger partial charge is 0.410 e. The van der Waals surface area contributed by atoms with Crippen molar-refractivity contribution in [2.75, 3.05) is 32.1 Å². The number of rotatable bonds is 15. The summed E-state index contributed by atoms with van der Waals surface area (Å²) < 4.78 is 5.30. The molecule has 1 aromatic carbocycles. The van der Waals surface area contributed by atoms with Crippen LogP contribution in [-0.2, 0) is 37.1 Å². The van der Waals surface area contributed by atoms with Crippen LogP contribution in [0.15, 0.2) is 41.8 Å². The Morgan fingerprint density at radius 2 is 1.77 bits per heavy atom. The molecular weight excluding hydrogens is 837 g/mol. The van der Waals surface area contributed by atoms with Crippen LogP contribution in [0.25, 0.3) is 0 Å². The molecule has 14 nitrogen and oxygen atoms in total. The second-order valence-electron chi connectivity index (χ2n) is 8.90. The number of nitrogens with two attached hydrogens (primary N) is 1. The number of benzene rings is 1. The van der Waals surface area contributed by atoms with Crippen LogP contribution in [0, 0.1) is 5.92 Å². The first-order valence-electron chi connectivity index (χ1n) is 13.3. The molecule has 7 N–H and O–H groups in total. The van der Waals surface area contributed by atoms with E-state index in [4.69, 9.17) is 15.6 Å². The molecule has 0 aliphatic heterocycles. The molecule has 0 fully saturated rings. The first kappa shape index (κ1) is 40.6. The minimum atomic E-state index is -0.778. The summed E-state index contributed by atoms with van der Waals surface area (Å²) in [4.78, 5) is 70.1. The van der Waals surface area contributed by atoms with Crippen molar-refractivity contribution in [2.24, 2.45) is 11.7 Å². The third kappa shape index (κ3) is 17.3. The Bertz CT molecular complexity index is 1120. The number of urea groups is 1. The first-order chi connectivity index (χ1) is 20.6. The van der Waals surface area contributed by atoms with E-state index in [1.165, 1.54) is 22.6 Å². The maximum atomic E-state index is 12.3. The van der Waals surface area contributed by atoms with Gasteiger partial charge in [-0.25, -0.2) is 9.59 Å². The molecule has 0 bridgehead atoms. The summed E-state index contributed by atoms with van der Waals surface area (Å²) in [6.07, 6.45) is 2.47. The van der Waals surface area contributed by atoms with Gasteiger partial charge in [-0.15, -0.1) is 11.3 Å². The Labute approximate surface area is 255 Å². The van der Waals surface area contributed by atoms with Gasteiger partial charge >= 0.3 is 12.1 Å². The summed E-state index contributed by atoms with van der Waals surface area (Å²) in [5, 5.41) is 18.7. The standard InChI is InChI=1S/C23H27N4O6S.C4H10N2O.CH4O.Fm/c1-16(2)21(25-15-29)22(31)24-12-20(30)26-18-7-5-17(6-8-18)14-33-23(32)27(9-10-28)13-19-4-3-11-34-19;1-2-3-6-4(5)7;1-2;/h3-8,10-11,16,21H,9,12-14H2,1-2H3,(H,24,31)(H,25,29)(H,26,30);2-3H2,1H3,(H3,5,6,7);2H,1H3;/q-1;;;. The molecule has 0 saturated carbocycles. The Morgan fingerprint density at radius 1 is 1.11 bits per heavy atom. The number of hydrogen-bond donors (Lipinski definition) is 6. The van der Waals surface area contributed by atoms with Crippen LogP contribution in [0.5, 0.6) is 0 Å². The molecule has 16 heteroatoms. The van der Waals surface area contributed by atoms with Crippen LogP contribution < -0.4 is 27.0 Å². The van der Waals surface area contributed by atoms with E-state index in [9.17, 15) is 28.8 Å². The zero-order valence-electron chi connectivity index (χ0n) is 25.0. The zero-order valence-corrected chi connectivity index (χ0v) is 28.3. The number of nitrogens with zero attached hydrogens (tertiary/aromatic N) is 1. The fourth-order valence-electron chi connectivity index (χ4n) is 3.13. The maximum Gasteiger partial charge on any atom is 0.410 e. The van der Waals surface area contributed by atoms with Crippen LogP contribution in [0.1, 0.15) is 37.6 Å². The third-order valence-corrected chi connectivity index (χ3v) is 6.08. The van der Waals surface area contributed by atoms with Gasteiger partial charge in [-0.1, -0.05) is 39.0 Å². The molecule has 6 amide bonds. The van der Waals surface area contributed by atoms with Crippen LogP contribution in [0.4, 0.5) is 15.3 Å². The minimum absolute atomic E-state index is 0. The molecule has 0 saturated heterocycles. The van der Waals surface area contributed by atoms with Crippen molar-refractivity contribution in [3.8, 4) is 0 Å². The topological polar surface area (TPSA) is 209 Å². The predicted molar refractivity (Wildman–Crippen MR) is 163 cm³/mol. The Balaban J connectivity index is 0. The summed E-state index contributed by atoms with van der Waals surface area (Å²) in [7, 11) is 1.00. The van der Waals surface area contributed by atoms with Gasteiger partial charge in [-0.05, 0) is 41.5 Å². The summed E-state index contributed by atoms with van der Waals surface area (Å²) in [6.45, 7) is 6.12. The Morgan fingerprint density at radius 3 is 2.25 bits per heavy atom. The number of aliphatic hydroxyl groups is 1. The van der Waals surface area contributed by atoms with Gasteiger partial charge in [0.1, 0.15) is 12.9 Å². The monoisotopic (exact) mass is 878 g/mol. The number of carbonyl (C=O) groups excluding carboxylic acids is 6. The van der Waals surface area contributed by atoms with Crippen LogP contribution in [0.2, 0.25) is 0 Å². The molecule has 0 radical (unpaired) electrons. The third-order valence-electron chi connectivity index (χ3n) is 5.22. The summed E-state index contributed by atoms with van der Waals surface area (Å²) in [6, 6.07) is 9.16. The number of nitrogens with one attached hydrogen (secondary N) is 4. The fourth-order valence-corrected chi connectivity index (χ4v) is 3.85. The Kier molecular flexibility index (Phi) is 22.3. The minimum Gasteiger partial charge on any atom is -0.520 e. The summed E-state index contributed by atoms with van der Waals surface area (Å²) in [5.41, 5.74) is 5.92. The number of aliphatic hydroxyl groups excluding tert-OH is 1. The van der Waals surface area contributed by atoms with Crippen LogP contribution in [0.3, 0.4) is 0 Å². The molecule has 1 atom stereocenters. The van der Waals surface area contributed by atoms with Crippen molar-refractivity contribution >= 4 is 53.7 Å². The van der Waals surface area contributed by atoms with E-state index in [2.05, 4.69) is 21.3 Å². The molecule has 0 aliphatic carbocycles. The second-order valence-corrected chi connectivity index (χ2v) is 9.94. The number of amides is 6. The van der Waals surface area contributed by atoms with Gasteiger partial charge in [-0.2, -0.15) is 6.41 Å². The van der Waals surface area contributed by atoms with Gasteiger partial charge in [0, 0.05) is 24.2 Å². The van der Waals surface area contributed by atoms with Gasteiger partial charge in [0.25, 0.3) is 0 Å². The molecule has 0 aliphatic rings. The predicted octanol–water partition coefficient (Wildman–Crippen LogP) is 1.50. The number of anilines is 1. The van der Waals surface area contributed by atoms with Crippen LogP contribution in [-0.4, -0.2) is 79.4 Å². The van der Waals surface area contributed by atoms with E-state index in [-0.39, 0.29) is 32.2 Å². The average molecular weight is 879 g/mol. The van der Waals surface area contributed by atoms with Gasteiger partial charge in [-0.3, -0.25) is 14.5 Å². The number of aldehydes is 1. The number of thiophene rings is 1. The van der Waals surface area contributed by atoms with E-state index < -0.39 is 30.0 Å². The maximum absolute atomic E-state index is 12.3. The molecule has 250 valence electrons. The summed E-state index contributed by atoms with van der Waals surface area (Å²) in [5.74, 6) is -1.08. The summed E-state index contributed by atoms with van der Waals surface area (Å²) >= 11 is 1.48. The quantitative estimate of drug-likeness (QED) is 0.0876.